The molecule has 1 atom stereocenters. The number of morpholine rings is 1. The van der Waals surface area contributed by atoms with Crippen molar-refractivity contribution in [2.45, 2.75) is 24.6 Å². The van der Waals surface area contributed by atoms with Crippen LogP contribution in [-0.4, -0.2) is 91.1 Å². The summed E-state index contributed by atoms with van der Waals surface area (Å²) < 4.78 is 48.7. The van der Waals surface area contributed by atoms with Crippen molar-refractivity contribution in [3.63, 3.8) is 0 Å². The van der Waals surface area contributed by atoms with Crippen LogP contribution in [-0.2, 0) is 14.3 Å². The SMILES string of the molecule is O=C(O)C(F)(F)F.O=C(c1ccoc1)N1CCOC2(COCCN(CC3CC3)C2)C1. The average molecular weight is 434 g/mol. The normalized spacial score (nSPS) is 25.4. The minimum absolute atomic E-state index is 0.0133. The lowest BCUT2D eigenvalue weighted by molar-refractivity contribution is -0.192. The Hall–Kier alpha value is -2.11. The minimum atomic E-state index is -5.08. The van der Waals surface area contributed by atoms with Crippen molar-refractivity contribution in [3.05, 3.63) is 24.2 Å². The van der Waals surface area contributed by atoms with Gasteiger partial charge in [-0.15, -0.1) is 0 Å². The molecule has 4 rings (SSSR count). The van der Waals surface area contributed by atoms with Crippen LogP contribution in [0.25, 0.3) is 0 Å². The van der Waals surface area contributed by atoms with Gasteiger partial charge in [0.2, 0.25) is 0 Å². The van der Waals surface area contributed by atoms with Crippen molar-refractivity contribution >= 4 is 11.9 Å². The van der Waals surface area contributed by atoms with E-state index >= 15 is 0 Å². The first kappa shape index (κ1) is 22.6. The van der Waals surface area contributed by atoms with Gasteiger partial charge in [-0.05, 0) is 24.8 Å². The van der Waals surface area contributed by atoms with Gasteiger partial charge >= 0.3 is 12.1 Å². The molecule has 1 N–H and O–H groups in total. The molecule has 0 aromatic carbocycles. The number of ether oxygens (including phenoxy) is 2. The van der Waals surface area contributed by atoms with Crippen molar-refractivity contribution in [2.24, 2.45) is 5.92 Å². The molecule has 30 heavy (non-hydrogen) atoms. The van der Waals surface area contributed by atoms with Crippen LogP contribution < -0.4 is 0 Å². The Morgan fingerprint density at radius 1 is 1.20 bits per heavy atom. The smallest absolute Gasteiger partial charge is 0.475 e. The molecule has 1 unspecified atom stereocenters. The van der Waals surface area contributed by atoms with E-state index in [4.69, 9.17) is 23.8 Å². The Morgan fingerprint density at radius 3 is 2.53 bits per heavy atom. The fraction of sp³-hybridized carbons (Fsp3) is 0.684. The molecule has 11 heteroatoms. The van der Waals surface area contributed by atoms with Crippen molar-refractivity contribution < 1.29 is 41.8 Å². The molecule has 1 saturated carbocycles. The van der Waals surface area contributed by atoms with E-state index in [1.165, 1.54) is 25.4 Å². The van der Waals surface area contributed by atoms with E-state index in [2.05, 4.69) is 4.90 Å². The van der Waals surface area contributed by atoms with Crippen molar-refractivity contribution in [2.75, 3.05) is 52.5 Å². The van der Waals surface area contributed by atoms with Gasteiger partial charge in [-0.1, -0.05) is 0 Å². The molecular weight excluding hydrogens is 409 g/mol. The van der Waals surface area contributed by atoms with Gasteiger partial charge < -0.3 is 23.9 Å². The molecule has 8 nitrogen and oxygen atoms in total. The Morgan fingerprint density at radius 2 is 1.93 bits per heavy atom. The molecule has 2 aliphatic heterocycles. The van der Waals surface area contributed by atoms with E-state index < -0.39 is 17.7 Å². The number of nitrogens with zero attached hydrogens (tertiary/aromatic N) is 2. The van der Waals surface area contributed by atoms with Crippen LogP contribution in [0.2, 0.25) is 0 Å². The zero-order valence-electron chi connectivity index (χ0n) is 16.4. The predicted octanol–water partition coefficient (Wildman–Crippen LogP) is 1.87. The standard InChI is InChI=1S/C17H24N2O4.C2HF3O2/c20-16(15-3-6-21-10-15)19-5-8-23-17(12-19)11-18(4-7-22-13-17)9-14-1-2-14;3-2(4,5)1(6)7/h3,6,10,14H,1-2,4-5,7-9,11-13H2;(H,6,7). The molecule has 168 valence electrons. The first-order valence-electron chi connectivity index (χ1n) is 9.74. The molecule has 3 aliphatic rings. The number of aliphatic carboxylic acids is 1. The number of carbonyl (C=O) groups excluding carboxylic acids is 1. The summed E-state index contributed by atoms with van der Waals surface area (Å²) in [5, 5.41) is 7.12. The van der Waals surface area contributed by atoms with E-state index in [9.17, 15) is 18.0 Å². The number of hydrogen-bond donors (Lipinski definition) is 1. The highest BCUT2D eigenvalue weighted by Crippen LogP contribution is 2.31. The summed E-state index contributed by atoms with van der Waals surface area (Å²) >= 11 is 0. The van der Waals surface area contributed by atoms with Gasteiger partial charge in [-0.3, -0.25) is 9.69 Å². The molecule has 3 heterocycles. The highest BCUT2D eigenvalue weighted by Gasteiger charge is 2.42. The predicted molar refractivity (Wildman–Crippen MR) is 97.0 cm³/mol. The minimum Gasteiger partial charge on any atom is -0.475 e. The van der Waals surface area contributed by atoms with Crippen LogP contribution >= 0.6 is 0 Å². The summed E-state index contributed by atoms with van der Waals surface area (Å²) in [6.07, 6.45) is 0.648. The zero-order valence-corrected chi connectivity index (χ0v) is 16.4. The average Bonchev–Trinajstić information content (AvgIpc) is 3.37. The Labute approximate surface area is 171 Å². The van der Waals surface area contributed by atoms with E-state index in [1.807, 2.05) is 4.90 Å². The van der Waals surface area contributed by atoms with Gasteiger partial charge in [0, 0.05) is 26.2 Å². The molecule has 1 aromatic heterocycles. The third-order valence-electron chi connectivity index (χ3n) is 5.19. The van der Waals surface area contributed by atoms with E-state index in [0.29, 0.717) is 31.9 Å². The van der Waals surface area contributed by atoms with E-state index in [-0.39, 0.29) is 5.91 Å². The van der Waals surface area contributed by atoms with Gasteiger partial charge in [0.1, 0.15) is 11.9 Å². The number of hydrogen-bond acceptors (Lipinski definition) is 6. The first-order valence-corrected chi connectivity index (χ1v) is 9.74. The van der Waals surface area contributed by atoms with Crippen molar-refractivity contribution in [3.8, 4) is 0 Å². The largest absolute Gasteiger partial charge is 0.490 e. The Balaban J connectivity index is 0.000000318. The molecule has 1 aromatic rings. The summed E-state index contributed by atoms with van der Waals surface area (Å²) in [5.74, 6) is -1.90. The summed E-state index contributed by atoms with van der Waals surface area (Å²) in [5.41, 5.74) is 0.203. The lowest BCUT2D eigenvalue weighted by Gasteiger charge is -2.43. The number of halogens is 3. The second kappa shape index (κ2) is 9.36. The number of carboxylic acid groups (broad SMARTS) is 1. The summed E-state index contributed by atoms with van der Waals surface area (Å²) in [6, 6.07) is 1.72. The molecule has 1 amide bonds. The van der Waals surface area contributed by atoms with Gasteiger partial charge in [0.05, 0.1) is 38.2 Å². The number of amides is 1. The molecule has 1 spiro atoms. The molecule has 1 aliphatic carbocycles. The van der Waals surface area contributed by atoms with Gasteiger partial charge in [-0.25, -0.2) is 4.79 Å². The Kier molecular flexibility index (Phi) is 7.04. The molecule has 0 radical (unpaired) electrons. The molecule has 2 saturated heterocycles. The van der Waals surface area contributed by atoms with Crippen LogP contribution in [0, 0.1) is 5.92 Å². The van der Waals surface area contributed by atoms with Crippen molar-refractivity contribution in [1.29, 1.82) is 0 Å². The summed E-state index contributed by atoms with van der Waals surface area (Å²) in [4.78, 5) is 25.8. The lowest BCUT2D eigenvalue weighted by atomic mass is 10.0. The number of carboxylic acids is 1. The quantitative estimate of drug-likeness (QED) is 0.777. The van der Waals surface area contributed by atoms with Crippen LogP contribution in [0.1, 0.15) is 23.2 Å². The fourth-order valence-electron chi connectivity index (χ4n) is 3.58. The van der Waals surface area contributed by atoms with Crippen LogP contribution in [0.15, 0.2) is 23.0 Å². The highest BCUT2D eigenvalue weighted by atomic mass is 19.4. The van der Waals surface area contributed by atoms with Gasteiger partial charge in [0.25, 0.3) is 5.91 Å². The van der Waals surface area contributed by atoms with Gasteiger partial charge in [0.15, 0.2) is 0 Å². The first-order chi connectivity index (χ1) is 14.2. The number of rotatable bonds is 3. The third kappa shape index (κ3) is 6.19. The second-order valence-electron chi connectivity index (χ2n) is 7.80. The summed E-state index contributed by atoms with van der Waals surface area (Å²) in [7, 11) is 0. The molecular formula is C19H25F3N2O6. The Bertz CT molecular complexity index is 722. The van der Waals surface area contributed by atoms with Crippen molar-refractivity contribution in [1.82, 2.24) is 9.80 Å². The maximum absolute atomic E-state index is 12.6. The maximum Gasteiger partial charge on any atom is 0.490 e. The monoisotopic (exact) mass is 434 g/mol. The van der Waals surface area contributed by atoms with E-state index in [1.54, 1.807) is 6.07 Å². The van der Waals surface area contributed by atoms with Crippen LogP contribution in [0.4, 0.5) is 13.2 Å². The van der Waals surface area contributed by atoms with Crippen LogP contribution in [0.5, 0.6) is 0 Å². The van der Waals surface area contributed by atoms with E-state index in [0.717, 1.165) is 32.2 Å². The summed E-state index contributed by atoms with van der Waals surface area (Å²) in [6.45, 7) is 5.99. The van der Waals surface area contributed by atoms with Crippen LogP contribution in [0.3, 0.4) is 0 Å². The fourth-order valence-corrected chi connectivity index (χ4v) is 3.58. The third-order valence-corrected chi connectivity index (χ3v) is 5.19. The maximum atomic E-state index is 12.6. The topological polar surface area (TPSA) is 92.4 Å². The molecule has 0 bridgehead atoms. The van der Waals surface area contributed by atoms with Gasteiger partial charge in [-0.2, -0.15) is 13.2 Å². The number of furan rings is 1. The second-order valence-corrected chi connectivity index (χ2v) is 7.80. The molecule has 3 fully saturated rings. The lowest BCUT2D eigenvalue weighted by Crippen LogP contribution is -2.60. The number of carbonyl (C=O) groups is 2. The highest BCUT2D eigenvalue weighted by molar-refractivity contribution is 5.93. The zero-order chi connectivity index (χ0) is 21.8. The number of alkyl halides is 3.